The average molecular weight is 924 g/mol. The van der Waals surface area contributed by atoms with Gasteiger partial charge in [-0.2, -0.15) is 0 Å². The maximum atomic E-state index is 15.6. The van der Waals surface area contributed by atoms with Gasteiger partial charge in [-0.25, -0.2) is 0 Å². The molecule has 0 aliphatic carbocycles. The maximum absolute atomic E-state index is 15.6. The third kappa shape index (κ3) is 9.92. The predicted octanol–water partition coefficient (Wildman–Crippen LogP) is 7.89. The van der Waals surface area contributed by atoms with Gasteiger partial charge in [-0.1, -0.05) is 31.5 Å². The van der Waals surface area contributed by atoms with E-state index >= 15 is 4.79 Å². The van der Waals surface area contributed by atoms with Crippen molar-refractivity contribution in [1.82, 2.24) is 14.4 Å². The Morgan fingerprint density at radius 1 is 0.791 bits per heavy atom. The lowest BCUT2D eigenvalue weighted by atomic mass is 9.72. The predicted molar refractivity (Wildman–Crippen MR) is 254 cm³/mol. The molecular weight excluding hydrogens is 855 g/mol. The molecule has 362 valence electrons. The van der Waals surface area contributed by atoms with Crippen LogP contribution in [0.5, 0.6) is 23.0 Å². The van der Waals surface area contributed by atoms with Crippen molar-refractivity contribution in [2.75, 3.05) is 87.7 Å². The zero-order valence-electron chi connectivity index (χ0n) is 40.3. The number of fused-ring (bicyclic) bond motifs is 5. The van der Waals surface area contributed by atoms with Crippen LogP contribution in [0.2, 0.25) is 0 Å². The molecule has 1 fully saturated rings. The average Bonchev–Trinajstić information content (AvgIpc) is 3.75. The highest BCUT2D eigenvalue weighted by atomic mass is 16.7. The minimum Gasteiger partial charge on any atom is -0.493 e. The number of allylic oxidation sites excluding steroid dienone is 1. The van der Waals surface area contributed by atoms with Crippen molar-refractivity contribution in [1.29, 1.82) is 0 Å². The van der Waals surface area contributed by atoms with Crippen molar-refractivity contribution in [3.05, 3.63) is 94.4 Å². The van der Waals surface area contributed by atoms with Gasteiger partial charge >= 0.3 is 0 Å². The Hall–Kier alpha value is -5.12. The highest BCUT2D eigenvalue weighted by molar-refractivity contribution is 5.95. The van der Waals surface area contributed by atoms with Gasteiger partial charge in [0.25, 0.3) is 5.91 Å². The number of aliphatic hydroxyl groups is 1. The molecule has 4 aliphatic heterocycles. The number of para-hydroxylation sites is 1. The van der Waals surface area contributed by atoms with Crippen LogP contribution in [0.25, 0.3) is 10.9 Å². The number of aliphatic hydroxyl groups excluding tert-OH is 1. The number of benzene rings is 3. The van der Waals surface area contributed by atoms with E-state index in [4.69, 9.17) is 43.0 Å². The van der Waals surface area contributed by atoms with E-state index in [1.165, 1.54) is 11.1 Å². The van der Waals surface area contributed by atoms with Crippen molar-refractivity contribution in [3.8, 4) is 23.0 Å². The zero-order valence-corrected chi connectivity index (χ0v) is 40.3. The molecule has 7 atom stereocenters. The quantitative estimate of drug-likeness (QED) is 0.0916. The van der Waals surface area contributed by atoms with Gasteiger partial charge in [0.2, 0.25) is 12.2 Å². The summed E-state index contributed by atoms with van der Waals surface area (Å²) >= 11 is 0. The van der Waals surface area contributed by atoms with Crippen molar-refractivity contribution in [2.24, 2.45) is 17.8 Å². The summed E-state index contributed by atoms with van der Waals surface area (Å²) < 4.78 is 49.6. The number of hydrogen-bond acceptors (Lipinski definition) is 12. The lowest BCUT2D eigenvalue weighted by molar-refractivity contribution is -0.173. The monoisotopic (exact) mass is 923 g/mol. The second-order valence-electron chi connectivity index (χ2n) is 18.1. The van der Waals surface area contributed by atoms with Gasteiger partial charge in [0.05, 0.1) is 66.4 Å². The van der Waals surface area contributed by atoms with E-state index in [1.807, 2.05) is 48.4 Å². The summed E-state index contributed by atoms with van der Waals surface area (Å²) in [7, 11) is 6.70. The fourth-order valence-corrected chi connectivity index (χ4v) is 11.3. The second kappa shape index (κ2) is 21.9. The first-order chi connectivity index (χ1) is 32.7. The van der Waals surface area contributed by atoms with Crippen LogP contribution >= 0.6 is 0 Å². The maximum Gasteiger partial charge on any atom is 0.289 e. The fourth-order valence-electron chi connectivity index (χ4n) is 11.3. The van der Waals surface area contributed by atoms with Crippen LogP contribution in [-0.2, 0) is 36.6 Å². The SMILES string of the molecule is CCO[C@@H]1OC(C(=O)N2CCc3cc(OC)c(OC)cc3[C@H]2C[C@H]2C[C@H]3c4cc(OC)c(OC)cc4CCN3C[C@@H]2CC)=C[C@H](c2cn(C(C)=O)c3ccccc23)[C@H]1CCOCCOCCO. The van der Waals surface area contributed by atoms with E-state index < -0.39 is 6.29 Å². The molecule has 0 saturated carbocycles. The Balaban J connectivity index is 1.18. The Labute approximate surface area is 395 Å². The number of piperidine rings is 1. The molecule has 0 spiro atoms. The molecule has 4 aliphatic rings. The van der Waals surface area contributed by atoms with Crippen LogP contribution in [0.15, 0.2) is 66.6 Å². The second-order valence-corrected chi connectivity index (χ2v) is 18.1. The number of hydrogen-bond donors (Lipinski definition) is 1. The molecule has 0 radical (unpaired) electrons. The molecule has 0 unspecified atom stereocenters. The molecule has 4 aromatic rings. The number of ether oxygens (including phenoxy) is 8. The Kier molecular flexibility index (Phi) is 15.8. The molecule has 8 rings (SSSR count). The number of methoxy groups -OCH3 is 4. The van der Waals surface area contributed by atoms with Gasteiger partial charge in [0, 0.05) is 69.2 Å². The standard InChI is InChI=1S/C53H69N3O11/c1-8-34-31-54-17-14-35-26-47(60-4)49(62-6)28-40(35)45(54)24-37(34)25-46-41-29-50(63-7)48(61-5)27-36(41)15-18-55(46)52(59)51-30-42(43-32-56(33(3)58)44-13-11-10-12-38(43)44)39(53(67-51)66-9-2)16-20-64-22-23-65-21-19-57/h10-13,26-30,32,34,37,39,42,45-46,53,57H,8-9,14-25,31H2,1-7H3/t34-,37+,39+,42-,45-,46+,53+/m0/s1. The van der Waals surface area contributed by atoms with Gasteiger partial charge in [-0.3, -0.25) is 19.1 Å². The Morgan fingerprint density at radius 3 is 2.12 bits per heavy atom. The molecule has 67 heavy (non-hydrogen) atoms. The summed E-state index contributed by atoms with van der Waals surface area (Å²) in [6, 6.07) is 16.3. The topological polar surface area (TPSA) is 140 Å². The summed E-state index contributed by atoms with van der Waals surface area (Å²) in [6.45, 7) is 9.89. The number of carbonyl (C=O) groups excluding carboxylic acids is 2. The number of rotatable bonds is 19. The highest BCUT2D eigenvalue weighted by Gasteiger charge is 2.45. The van der Waals surface area contributed by atoms with Crippen molar-refractivity contribution < 1.29 is 52.6 Å². The smallest absolute Gasteiger partial charge is 0.289 e. The molecule has 1 saturated heterocycles. The molecule has 1 N–H and O–H groups in total. The Morgan fingerprint density at radius 2 is 1.45 bits per heavy atom. The van der Waals surface area contributed by atoms with Crippen LogP contribution in [0.1, 0.15) is 97.1 Å². The highest BCUT2D eigenvalue weighted by Crippen LogP contribution is 2.50. The number of amides is 1. The van der Waals surface area contributed by atoms with E-state index in [1.54, 1.807) is 39.9 Å². The summed E-state index contributed by atoms with van der Waals surface area (Å²) in [4.78, 5) is 33.4. The summed E-state index contributed by atoms with van der Waals surface area (Å²) in [6.07, 6.45) is 7.94. The van der Waals surface area contributed by atoms with E-state index in [-0.39, 0.29) is 60.6 Å². The number of aromatic nitrogens is 1. The van der Waals surface area contributed by atoms with Gasteiger partial charge < -0.3 is 47.9 Å². The van der Waals surface area contributed by atoms with Gasteiger partial charge in [0.15, 0.2) is 28.8 Å². The summed E-state index contributed by atoms with van der Waals surface area (Å²) in [5, 5.41) is 10.1. The normalized spacial score (nSPS) is 23.7. The van der Waals surface area contributed by atoms with E-state index in [0.29, 0.717) is 63.2 Å². The minimum atomic E-state index is -0.775. The minimum absolute atomic E-state index is 0.0492. The summed E-state index contributed by atoms with van der Waals surface area (Å²) in [5.74, 6) is 2.80. The van der Waals surface area contributed by atoms with Gasteiger partial charge in [0.1, 0.15) is 0 Å². The third-order valence-corrected chi connectivity index (χ3v) is 14.7. The molecule has 0 bridgehead atoms. The molecule has 5 heterocycles. The lowest BCUT2D eigenvalue weighted by Crippen LogP contribution is -2.48. The van der Waals surface area contributed by atoms with Crippen LogP contribution < -0.4 is 18.9 Å². The van der Waals surface area contributed by atoms with Crippen molar-refractivity contribution in [3.63, 3.8) is 0 Å². The lowest BCUT2D eigenvalue weighted by Gasteiger charge is -2.49. The van der Waals surface area contributed by atoms with E-state index in [0.717, 1.165) is 77.9 Å². The molecular formula is C53H69N3O11. The molecule has 3 aromatic carbocycles. The third-order valence-electron chi connectivity index (χ3n) is 14.7. The molecule has 1 amide bonds. The Bertz CT molecular complexity index is 2400. The van der Waals surface area contributed by atoms with Crippen LogP contribution in [0.4, 0.5) is 0 Å². The van der Waals surface area contributed by atoms with Gasteiger partial charge in [-0.15, -0.1) is 0 Å². The largest absolute Gasteiger partial charge is 0.493 e. The molecule has 14 heteroatoms. The van der Waals surface area contributed by atoms with Crippen LogP contribution in [-0.4, -0.2) is 125 Å². The van der Waals surface area contributed by atoms with Crippen LogP contribution in [0, 0.1) is 17.8 Å². The fraction of sp³-hybridized carbons (Fsp3) is 0.547. The number of nitrogens with zero attached hydrogens (tertiary/aromatic N) is 3. The van der Waals surface area contributed by atoms with Crippen molar-refractivity contribution >= 4 is 22.7 Å². The summed E-state index contributed by atoms with van der Waals surface area (Å²) in [5.41, 5.74) is 6.50. The van der Waals surface area contributed by atoms with E-state index in [2.05, 4.69) is 36.1 Å². The van der Waals surface area contributed by atoms with E-state index in [9.17, 15) is 4.79 Å². The number of carbonyl (C=O) groups is 2. The molecule has 1 aromatic heterocycles. The molecule has 14 nitrogen and oxygen atoms in total. The first-order valence-corrected chi connectivity index (χ1v) is 24.1. The first kappa shape index (κ1) is 48.3. The van der Waals surface area contributed by atoms with Gasteiger partial charge in [-0.05, 0) is 115 Å². The van der Waals surface area contributed by atoms with Crippen molar-refractivity contribution in [2.45, 2.75) is 83.6 Å². The zero-order chi connectivity index (χ0) is 47.2. The first-order valence-electron chi connectivity index (χ1n) is 24.1. The van der Waals surface area contributed by atoms with Crippen LogP contribution in [0.3, 0.4) is 0 Å².